The molecule has 1 amide bonds. The van der Waals surface area contributed by atoms with Gasteiger partial charge in [0.1, 0.15) is 5.65 Å². The predicted octanol–water partition coefficient (Wildman–Crippen LogP) is 6.28. The molecular weight excluding hydrogens is 567 g/mol. The lowest BCUT2D eigenvalue weighted by molar-refractivity contribution is -0.119. The van der Waals surface area contributed by atoms with E-state index in [0.29, 0.717) is 34.1 Å². The zero-order valence-electron chi connectivity index (χ0n) is 24.8. The van der Waals surface area contributed by atoms with Crippen molar-refractivity contribution >= 4 is 40.1 Å². The van der Waals surface area contributed by atoms with Crippen LogP contribution in [-0.4, -0.2) is 66.5 Å². The number of piperazine rings is 1. The Morgan fingerprint density at radius 1 is 1.09 bits per heavy atom. The molecule has 0 atom stereocenters. The largest absolute Gasteiger partial charge is 0.503 e. The van der Waals surface area contributed by atoms with Gasteiger partial charge in [0.15, 0.2) is 0 Å². The zero-order chi connectivity index (χ0) is 31.6. The van der Waals surface area contributed by atoms with Crippen LogP contribution in [0, 0.1) is 13.8 Å². The summed E-state index contributed by atoms with van der Waals surface area (Å²) < 4.78 is 38.8. The Bertz CT molecular complexity index is 1760. The van der Waals surface area contributed by atoms with E-state index in [1.54, 1.807) is 0 Å². The highest BCUT2D eigenvalue weighted by Crippen LogP contribution is 2.42. The summed E-state index contributed by atoms with van der Waals surface area (Å²) in [5.41, 5.74) is 13.3. The second-order valence-electron chi connectivity index (χ2n) is 10.8. The van der Waals surface area contributed by atoms with Crippen LogP contribution >= 0.6 is 0 Å². The second kappa shape index (κ2) is 12.4. The molecule has 1 aliphatic heterocycles. The third-order valence-electron chi connectivity index (χ3n) is 7.92. The van der Waals surface area contributed by atoms with Crippen LogP contribution in [0.4, 0.5) is 24.5 Å². The highest BCUT2D eigenvalue weighted by atomic mass is 19.4. The van der Waals surface area contributed by atoms with E-state index in [9.17, 15) is 18.0 Å². The van der Waals surface area contributed by atoms with E-state index in [1.165, 1.54) is 12.3 Å². The summed E-state index contributed by atoms with van der Waals surface area (Å²) in [5, 5.41) is 3.57. The molecule has 0 radical (unpaired) electrons. The first-order valence-corrected chi connectivity index (χ1v) is 14.1. The van der Waals surface area contributed by atoms with Crippen molar-refractivity contribution in [3.63, 3.8) is 0 Å². The third-order valence-corrected chi connectivity index (χ3v) is 7.92. The van der Waals surface area contributed by atoms with Crippen LogP contribution in [-0.2, 0) is 4.79 Å². The number of alkyl halides is 3. The Morgan fingerprint density at radius 3 is 2.41 bits per heavy atom. The average Bonchev–Trinajstić information content (AvgIpc) is 3.40. The molecule has 1 saturated heterocycles. The SMILES string of the molecule is C=CC(=O)Nc1cc(-c2c(-c3ccc(N4CCN(C)CC4)cc3)[nH]c3ncc(C(=C/N)/C=N/C(F)(F)F)c(C)c23)ccc1C. The minimum atomic E-state index is -4.74. The van der Waals surface area contributed by atoms with Gasteiger partial charge in [-0.2, -0.15) is 4.99 Å². The number of allylic oxidation sites excluding steroid dienone is 1. The molecule has 0 unspecified atom stereocenters. The second-order valence-corrected chi connectivity index (χ2v) is 10.8. The number of nitrogens with two attached hydrogens (primary N) is 1. The van der Waals surface area contributed by atoms with Crippen LogP contribution in [0.2, 0.25) is 0 Å². The number of pyridine rings is 1. The Hall–Kier alpha value is -4.90. The molecule has 1 fully saturated rings. The Morgan fingerprint density at radius 2 is 1.77 bits per heavy atom. The fourth-order valence-electron chi connectivity index (χ4n) is 5.45. The number of aliphatic imine (C=N–C) groups is 1. The van der Waals surface area contributed by atoms with E-state index < -0.39 is 6.30 Å². The maximum absolute atomic E-state index is 12.9. The van der Waals surface area contributed by atoms with Gasteiger partial charge >= 0.3 is 6.30 Å². The summed E-state index contributed by atoms with van der Waals surface area (Å²) in [7, 11) is 2.12. The predicted molar refractivity (Wildman–Crippen MR) is 172 cm³/mol. The van der Waals surface area contributed by atoms with E-state index in [2.05, 4.69) is 55.8 Å². The molecule has 2 aromatic heterocycles. The number of aromatic amines is 1. The highest BCUT2D eigenvalue weighted by molar-refractivity contribution is 6.13. The number of anilines is 2. The first kappa shape index (κ1) is 30.6. The van der Waals surface area contributed by atoms with Crippen LogP contribution < -0.4 is 16.0 Å². The summed E-state index contributed by atoms with van der Waals surface area (Å²) in [6.07, 6.45) is -0.255. The molecule has 5 rings (SSSR count). The van der Waals surface area contributed by atoms with Crippen molar-refractivity contribution in [3.8, 4) is 22.4 Å². The number of carbonyl (C=O) groups excluding carboxylic acids is 1. The summed E-state index contributed by atoms with van der Waals surface area (Å²) in [5.74, 6) is -0.342. The third kappa shape index (κ3) is 6.37. The summed E-state index contributed by atoms with van der Waals surface area (Å²) in [6, 6.07) is 14.0. The Labute approximate surface area is 253 Å². The van der Waals surface area contributed by atoms with Crippen molar-refractivity contribution in [1.82, 2.24) is 14.9 Å². The summed E-state index contributed by atoms with van der Waals surface area (Å²) in [4.78, 5) is 27.6. The van der Waals surface area contributed by atoms with Gasteiger partial charge in [-0.05, 0) is 67.4 Å². The summed E-state index contributed by atoms with van der Waals surface area (Å²) in [6.45, 7) is 11.1. The molecule has 0 bridgehead atoms. The molecule has 4 N–H and O–H groups in total. The van der Waals surface area contributed by atoms with Crippen LogP contribution in [0.15, 0.2) is 72.5 Å². The van der Waals surface area contributed by atoms with Crippen molar-refractivity contribution in [3.05, 3.63) is 84.2 Å². The number of nitrogens with zero attached hydrogens (tertiary/aromatic N) is 4. The normalized spacial score (nSPS) is 14.9. The van der Waals surface area contributed by atoms with Crippen molar-refractivity contribution in [2.75, 3.05) is 43.4 Å². The number of fused-ring (bicyclic) bond motifs is 1. The number of hydrogen-bond acceptors (Lipinski definition) is 6. The molecule has 0 saturated carbocycles. The van der Waals surface area contributed by atoms with E-state index in [-0.39, 0.29) is 11.5 Å². The molecule has 0 aliphatic carbocycles. The number of hydrogen-bond donors (Lipinski definition) is 3. The van der Waals surface area contributed by atoms with Crippen molar-refractivity contribution in [2.24, 2.45) is 10.7 Å². The van der Waals surface area contributed by atoms with Crippen LogP contribution in [0.5, 0.6) is 0 Å². The maximum Gasteiger partial charge on any atom is 0.503 e. The molecule has 0 spiro atoms. The molecule has 1 aliphatic rings. The lowest BCUT2D eigenvalue weighted by atomic mass is 9.93. The smallest absolute Gasteiger partial charge is 0.404 e. The molecule has 4 aromatic rings. The van der Waals surface area contributed by atoms with Gasteiger partial charge in [0.05, 0.1) is 5.69 Å². The van der Waals surface area contributed by atoms with Crippen molar-refractivity contribution in [2.45, 2.75) is 20.1 Å². The van der Waals surface area contributed by atoms with E-state index in [4.69, 9.17) is 5.73 Å². The maximum atomic E-state index is 12.9. The molecule has 8 nitrogen and oxygen atoms in total. The van der Waals surface area contributed by atoms with Gasteiger partial charge in [0.2, 0.25) is 5.91 Å². The number of rotatable bonds is 7. The molecule has 44 heavy (non-hydrogen) atoms. The van der Waals surface area contributed by atoms with Gasteiger partial charge in [-0.25, -0.2) is 4.98 Å². The number of H-pyrrole nitrogens is 1. The summed E-state index contributed by atoms with van der Waals surface area (Å²) >= 11 is 0. The van der Waals surface area contributed by atoms with Gasteiger partial charge in [0.25, 0.3) is 0 Å². The highest BCUT2D eigenvalue weighted by Gasteiger charge is 2.26. The Kier molecular flexibility index (Phi) is 8.59. The number of likely N-dealkylation sites (N-methyl/N-ethyl adjacent to an activating group) is 1. The minimum Gasteiger partial charge on any atom is -0.404 e. The number of aromatic nitrogens is 2. The number of benzene rings is 2. The van der Waals surface area contributed by atoms with Gasteiger partial charge < -0.3 is 25.8 Å². The van der Waals surface area contributed by atoms with Gasteiger partial charge in [-0.1, -0.05) is 30.8 Å². The molecule has 3 heterocycles. The first-order valence-electron chi connectivity index (χ1n) is 14.1. The monoisotopic (exact) mass is 601 g/mol. The topological polar surface area (TPSA) is 103 Å². The molecule has 228 valence electrons. The standard InChI is InChI=1S/C33H34F3N7O/c1-5-28(44)40-27-16-23(7-6-20(27)2)30-29-21(3)26(24(17-37)18-39-33(34,35)36)19-38-32(29)41-31(30)22-8-10-25(11-9-22)43-14-12-42(4)13-15-43/h5-11,16-19H,1,12-15,37H2,2-4H3,(H,38,41)(H,40,44)/b24-17+,39-18+. The number of halogens is 3. The van der Waals surface area contributed by atoms with E-state index in [0.717, 1.165) is 66.0 Å². The fourth-order valence-corrected chi connectivity index (χ4v) is 5.45. The zero-order valence-corrected chi connectivity index (χ0v) is 24.8. The fraction of sp³-hybridized carbons (Fsp3) is 0.242. The number of carbonyl (C=O) groups is 1. The van der Waals surface area contributed by atoms with Crippen molar-refractivity contribution < 1.29 is 18.0 Å². The Balaban J connectivity index is 1.69. The van der Waals surface area contributed by atoms with Gasteiger partial charge in [0, 0.05) is 78.3 Å². The minimum absolute atomic E-state index is 0.0855. The quantitative estimate of drug-likeness (QED) is 0.132. The van der Waals surface area contributed by atoms with E-state index >= 15 is 0 Å². The van der Waals surface area contributed by atoms with Gasteiger partial charge in [-0.15, -0.1) is 13.2 Å². The van der Waals surface area contributed by atoms with Gasteiger partial charge in [-0.3, -0.25) is 4.79 Å². The average molecular weight is 602 g/mol. The van der Waals surface area contributed by atoms with Crippen LogP contribution in [0.3, 0.4) is 0 Å². The van der Waals surface area contributed by atoms with E-state index in [1.807, 2.05) is 44.2 Å². The lowest BCUT2D eigenvalue weighted by Gasteiger charge is -2.34. The number of aryl methyl sites for hydroxylation is 2. The number of amides is 1. The molecule has 2 aromatic carbocycles. The number of nitrogens with one attached hydrogen (secondary N) is 2. The lowest BCUT2D eigenvalue weighted by Crippen LogP contribution is -2.44. The molecule has 11 heteroatoms. The first-order chi connectivity index (χ1) is 21.0. The van der Waals surface area contributed by atoms with Crippen molar-refractivity contribution in [1.29, 1.82) is 0 Å². The van der Waals surface area contributed by atoms with Crippen LogP contribution in [0.1, 0.15) is 16.7 Å². The molecular formula is C33H34F3N7O. The van der Waals surface area contributed by atoms with Crippen LogP contribution in [0.25, 0.3) is 39.0 Å².